The van der Waals surface area contributed by atoms with E-state index in [4.69, 9.17) is 5.73 Å². The Bertz CT molecular complexity index is 416. The minimum Gasteiger partial charge on any atom is -0.398 e. The molecular formula is C14H21BrN2O. The number of rotatable bonds is 4. The van der Waals surface area contributed by atoms with Crippen LogP contribution in [0.2, 0.25) is 0 Å². The molecule has 18 heavy (non-hydrogen) atoms. The van der Waals surface area contributed by atoms with Crippen molar-refractivity contribution >= 4 is 21.6 Å². The lowest BCUT2D eigenvalue weighted by molar-refractivity contribution is 0.0145. The lowest BCUT2D eigenvalue weighted by atomic mass is 10.0. The number of nitrogens with zero attached hydrogens (tertiary/aromatic N) is 1. The Balaban J connectivity index is 1.98. The molecule has 100 valence electrons. The van der Waals surface area contributed by atoms with E-state index in [-0.39, 0.29) is 0 Å². The third-order valence-corrected chi connectivity index (χ3v) is 4.61. The number of likely N-dealkylation sites (N-methyl/N-ethyl adjacent to an activating group) is 1. The quantitative estimate of drug-likeness (QED) is 0.841. The summed E-state index contributed by atoms with van der Waals surface area (Å²) >= 11 is 3.52. The molecule has 1 aliphatic carbocycles. The Hall–Kier alpha value is -0.580. The molecule has 0 bridgehead atoms. The molecule has 2 rings (SSSR count). The van der Waals surface area contributed by atoms with Gasteiger partial charge >= 0.3 is 0 Å². The molecule has 0 saturated heterocycles. The smallest absolute Gasteiger partial charge is 0.0774 e. The summed E-state index contributed by atoms with van der Waals surface area (Å²) in [5.74, 6) is 0. The Morgan fingerprint density at radius 2 is 2.06 bits per heavy atom. The minimum atomic E-state index is -0.485. The molecule has 1 aromatic carbocycles. The van der Waals surface area contributed by atoms with Gasteiger partial charge in [0.05, 0.1) is 5.60 Å². The second-order valence-corrected chi connectivity index (χ2v) is 6.22. The van der Waals surface area contributed by atoms with Gasteiger partial charge in [-0.3, -0.25) is 4.90 Å². The van der Waals surface area contributed by atoms with E-state index in [1.165, 1.54) is 5.56 Å². The minimum absolute atomic E-state index is 0.485. The van der Waals surface area contributed by atoms with E-state index in [1.54, 1.807) is 0 Å². The van der Waals surface area contributed by atoms with Crippen LogP contribution >= 0.6 is 15.9 Å². The number of aliphatic hydroxyl groups is 1. The molecule has 1 aliphatic rings. The fraction of sp³-hybridized carbons (Fsp3) is 0.571. The molecule has 0 amide bonds. The summed E-state index contributed by atoms with van der Waals surface area (Å²) in [5, 5.41) is 10.4. The number of benzene rings is 1. The zero-order chi connectivity index (χ0) is 13.2. The number of hydrogen-bond acceptors (Lipinski definition) is 3. The second-order valence-electron chi connectivity index (χ2n) is 5.42. The largest absolute Gasteiger partial charge is 0.398 e. The molecule has 0 heterocycles. The van der Waals surface area contributed by atoms with Gasteiger partial charge in [0.1, 0.15) is 0 Å². The van der Waals surface area contributed by atoms with E-state index in [0.29, 0.717) is 0 Å². The van der Waals surface area contributed by atoms with Crippen molar-refractivity contribution in [3.8, 4) is 0 Å². The highest BCUT2D eigenvalue weighted by atomic mass is 79.9. The van der Waals surface area contributed by atoms with Gasteiger partial charge in [-0.25, -0.2) is 0 Å². The topological polar surface area (TPSA) is 49.5 Å². The lowest BCUT2D eigenvalue weighted by Crippen LogP contribution is -2.38. The van der Waals surface area contributed by atoms with Gasteiger partial charge in [0, 0.05) is 23.2 Å². The Morgan fingerprint density at radius 3 is 2.72 bits per heavy atom. The first-order valence-corrected chi connectivity index (χ1v) is 7.23. The van der Waals surface area contributed by atoms with Gasteiger partial charge < -0.3 is 10.8 Å². The number of anilines is 1. The highest BCUT2D eigenvalue weighted by Gasteiger charge is 2.32. The third-order valence-electron chi connectivity index (χ3n) is 3.65. The van der Waals surface area contributed by atoms with Crippen LogP contribution in [0.1, 0.15) is 31.2 Å². The zero-order valence-electron chi connectivity index (χ0n) is 10.8. The molecular weight excluding hydrogens is 292 g/mol. The van der Waals surface area contributed by atoms with Crippen LogP contribution < -0.4 is 5.73 Å². The van der Waals surface area contributed by atoms with Crippen LogP contribution in [0.4, 0.5) is 5.69 Å². The number of nitrogen functional groups attached to an aromatic ring is 1. The van der Waals surface area contributed by atoms with Crippen LogP contribution in [0, 0.1) is 0 Å². The summed E-state index contributed by atoms with van der Waals surface area (Å²) in [7, 11) is 2.05. The molecule has 0 aliphatic heterocycles. The van der Waals surface area contributed by atoms with Crippen LogP contribution in [0.5, 0.6) is 0 Å². The first-order chi connectivity index (χ1) is 8.50. The first-order valence-electron chi connectivity index (χ1n) is 6.44. The summed E-state index contributed by atoms with van der Waals surface area (Å²) in [6.45, 7) is 1.53. The third kappa shape index (κ3) is 3.25. The standard InChI is InChI=1S/C14H21BrN2O/c1-17(10-14(18)7-2-3-8-14)9-11-5-4-6-12(16)13(11)15/h4-6,18H,2-3,7-10,16H2,1H3. The van der Waals surface area contributed by atoms with Crippen molar-refractivity contribution in [1.29, 1.82) is 0 Å². The van der Waals surface area contributed by atoms with Gasteiger partial charge in [-0.2, -0.15) is 0 Å². The van der Waals surface area contributed by atoms with Crippen molar-refractivity contribution in [3.05, 3.63) is 28.2 Å². The van der Waals surface area contributed by atoms with E-state index in [1.807, 2.05) is 19.2 Å². The zero-order valence-corrected chi connectivity index (χ0v) is 12.4. The predicted molar refractivity (Wildman–Crippen MR) is 78.3 cm³/mol. The molecule has 4 heteroatoms. The summed E-state index contributed by atoms with van der Waals surface area (Å²) in [6, 6.07) is 5.92. The highest BCUT2D eigenvalue weighted by molar-refractivity contribution is 9.10. The van der Waals surface area contributed by atoms with Crippen LogP contribution in [0.15, 0.2) is 22.7 Å². The van der Waals surface area contributed by atoms with E-state index < -0.39 is 5.60 Å². The van der Waals surface area contributed by atoms with Gasteiger partial charge in [0.25, 0.3) is 0 Å². The van der Waals surface area contributed by atoms with Crippen molar-refractivity contribution < 1.29 is 5.11 Å². The van der Waals surface area contributed by atoms with Crippen molar-refractivity contribution in [1.82, 2.24) is 4.90 Å². The van der Waals surface area contributed by atoms with Gasteiger partial charge in [-0.15, -0.1) is 0 Å². The first kappa shape index (κ1) is 13.8. The molecule has 0 spiro atoms. The van der Waals surface area contributed by atoms with E-state index >= 15 is 0 Å². The maximum Gasteiger partial charge on any atom is 0.0774 e. The fourth-order valence-electron chi connectivity index (χ4n) is 2.76. The van der Waals surface area contributed by atoms with E-state index in [2.05, 4.69) is 26.9 Å². The Morgan fingerprint density at radius 1 is 1.39 bits per heavy atom. The van der Waals surface area contributed by atoms with Crippen LogP contribution in [0.25, 0.3) is 0 Å². The number of nitrogens with two attached hydrogens (primary N) is 1. The van der Waals surface area contributed by atoms with E-state index in [9.17, 15) is 5.11 Å². The molecule has 3 N–H and O–H groups in total. The normalized spacial score (nSPS) is 18.4. The van der Waals surface area contributed by atoms with Gasteiger partial charge in [-0.1, -0.05) is 25.0 Å². The molecule has 0 atom stereocenters. The van der Waals surface area contributed by atoms with Crippen LogP contribution in [-0.4, -0.2) is 29.2 Å². The SMILES string of the molecule is CN(Cc1cccc(N)c1Br)CC1(O)CCCC1. The maximum atomic E-state index is 10.4. The summed E-state index contributed by atoms with van der Waals surface area (Å²) in [6.07, 6.45) is 4.14. The van der Waals surface area contributed by atoms with Crippen LogP contribution in [0.3, 0.4) is 0 Å². The Labute approximate surface area is 117 Å². The number of hydrogen-bond donors (Lipinski definition) is 2. The molecule has 1 saturated carbocycles. The van der Waals surface area contributed by atoms with Crippen LogP contribution in [-0.2, 0) is 6.54 Å². The second kappa shape index (κ2) is 5.59. The maximum absolute atomic E-state index is 10.4. The molecule has 1 aromatic rings. The van der Waals surface area contributed by atoms with Gasteiger partial charge in [0.2, 0.25) is 0 Å². The van der Waals surface area contributed by atoms with Crippen molar-refractivity contribution in [3.63, 3.8) is 0 Å². The average molecular weight is 313 g/mol. The number of halogens is 1. The lowest BCUT2D eigenvalue weighted by Gasteiger charge is -2.28. The summed E-state index contributed by atoms with van der Waals surface area (Å²) < 4.78 is 0.968. The molecule has 0 aromatic heterocycles. The molecule has 0 radical (unpaired) electrons. The predicted octanol–water partition coefficient (Wildman–Crippen LogP) is 2.77. The summed E-state index contributed by atoms with van der Waals surface area (Å²) in [5.41, 5.74) is 7.32. The van der Waals surface area contributed by atoms with Crippen molar-refractivity contribution in [2.45, 2.75) is 37.8 Å². The van der Waals surface area contributed by atoms with E-state index in [0.717, 1.165) is 48.9 Å². The van der Waals surface area contributed by atoms with Gasteiger partial charge in [0.15, 0.2) is 0 Å². The molecule has 1 fully saturated rings. The highest BCUT2D eigenvalue weighted by Crippen LogP contribution is 2.31. The van der Waals surface area contributed by atoms with Crippen molar-refractivity contribution in [2.75, 3.05) is 19.3 Å². The fourth-order valence-corrected chi connectivity index (χ4v) is 3.15. The molecule has 0 unspecified atom stereocenters. The monoisotopic (exact) mass is 312 g/mol. The summed E-state index contributed by atoms with van der Waals surface area (Å²) in [4.78, 5) is 2.17. The van der Waals surface area contributed by atoms with Gasteiger partial charge in [-0.05, 0) is 47.4 Å². The average Bonchev–Trinajstić information content (AvgIpc) is 2.71. The van der Waals surface area contributed by atoms with Crippen molar-refractivity contribution in [2.24, 2.45) is 0 Å². The Kier molecular flexibility index (Phi) is 4.30. The molecule has 3 nitrogen and oxygen atoms in total.